The second-order valence-corrected chi connectivity index (χ2v) is 5.48. The summed E-state index contributed by atoms with van der Waals surface area (Å²) in [5, 5.41) is 3.66. The number of benzene rings is 1. The van der Waals surface area contributed by atoms with Crippen molar-refractivity contribution in [1.82, 2.24) is 14.7 Å². The maximum atomic E-state index is 12.6. The summed E-state index contributed by atoms with van der Waals surface area (Å²) < 4.78 is 25.6. The molecule has 2 aromatic rings. The molecule has 0 aliphatic heterocycles. The maximum absolute atomic E-state index is 12.6. The topological polar surface area (TPSA) is 38.1 Å². The van der Waals surface area contributed by atoms with Gasteiger partial charge in [-0.1, -0.05) is 24.3 Å². The van der Waals surface area contributed by atoms with Crippen molar-refractivity contribution in [2.45, 2.75) is 31.9 Å². The van der Waals surface area contributed by atoms with Crippen molar-refractivity contribution >= 4 is 5.91 Å². The number of halogens is 2. The molecule has 1 aromatic carbocycles. The Morgan fingerprint density at radius 1 is 1.36 bits per heavy atom. The standard InChI is InChI=1S/C16H17F2N3O/c1-20(15(22)13-9-10-21(19-13)16(17)18)14-8-4-6-11-5-2-3-7-12(11)14/h2-3,5,7,9-10,14,16H,4,6,8H2,1H3. The average Bonchev–Trinajstić information content (AvgIpc) is 3.03. The zero-order chi connectivity index (χ0) is 15.7. The molecule has 0 saturated heterocycles. The molecule has 116 valence electrons. The lowest BCUT2D eigenvalue weighted by Crippen LogP contribution is -2.33. The third kappa shape index (κ3) is 2.61. The van der Waals surface area contributed by atoms with Crippen LogP contribution in [0, 0.1) is 0 Å². The Hall–Kier alpha value is -2.24. The molecule has 4 nitrogen and oxygen atoms in total. The monoisotopic (exact) mass is 305 g/mol. The highest BCUT2D eigenvalue weighted by atomic mass is 19.3. The molecular formula is C16H17F2N3O. The maximum Gasteiger partial charge on any atom is 0.333 e. The molecule has 6 heteroatoms. The Morgan fingerprint density at radius 3 is 2.86 bits per heavy atom. The second kappa shape index (κ2) is 5.87. The van der Waals surface area contributed by atoms with Crippen molar-refractivity contribution in [3.8, 4) is 0 Å². The van der Waals surface area contributed by atoms with Crippen molar-refractivity contribution in [3.63, 3.8) is 0 Å². The van der Waals surface area contributed by atoms with E-state index in [1.807, 2.05) is 18.2 Å². The first-order valence-electron chi connectivity index (χ1n) is 7.26. The predicted octanol–water partition coefficient (Wildman–Crippen LogP) is 3.43. The summed E-state index contributed by atoms with van der Waals surface area (Å²) in [6, 6.07) is 9.36. The molecule has 1 unspecified atom stereocenters. The van der Waals surface area contributed by atoms with Crippen LogP contribution in [-0.4, -0.2) is 27.6 Å². The number of hydrogen-bond acceptors (Lipinski definition) is 2. The summed E-state index contributed by atoms with van der Waals surface area (Å²) in [4.78, 5) is 14.1. The summed E-state index contributed by atoms with van der Waals surface area (Å²) in [5.41, 5.74) is 2.43. The van der Waals surface area contributed by atoms with Gasteiger partial charge in [0.2, 0.25) is 0 Å². The fourth-order valence-electron chi connectivity index (χ4n) is 3.01. The minimum absolute atomic E-state index is 0.0332. The van der Waals surface area contributed by atoms with E-state index in [9.17, 15) is 13.6 Å². The van der Waals surface area contributed by atoms with Gasteiger partial charge in [-0.2, -0.15) is 13.9 Å². The van der Waals surface area contributed by atoms with Crippen LogP contribution >= 0.6 is 0 Å². The van der Waals surface area contributed by atoms with Crippen LogP contribution in [0.3, 0.4) is 0 Å². The molecule has 1 heterocycles. The third-order valence-corrected chi connectivity index (χ3v) is 4.15. The van der Waals surface area contributed by atoms with Gasteiger partial charge in [-0.25, -0.2) is 4.68 Å². The van der Waals surface area contributed by atoms with E-state index in [4.69, 9.17) is 0 Å². The van der Waals surface area contributed by atoms with Crippen LogP contribution in [0.5, 0.6) is 0 Å². The van der Waals surface area contributed by atoms with Crippen LogP contribution in [0.1, 0.15) is 47.0 Å². The van der Waals surface area contributed by atoms with Crippen LogP contribution in [0.15, 0.2) is 36.5 Å². The van der Waals surface area contributed by atoms with Crippen LogP contribution in [-0.2, 0) is 6.42 Å². The molecule has 1 aliphatic carbocycles. The van der Waals surface area contributed by atoms with Gasteiger partial charge >= 0.3 is 6.55 Å². The molecule has 0 spiro atoms. The van der Waals surface area contributed by atoms with E-state index in [1.165, 1.54) is 11.6 Å². The smallest absolute Gasteiger partial charge is 0.333 e. The van der Waals surface area contributed by atoms with Gasteiger partial charge in [0.15, 0.2) is 5.69 Å². The van der Waals surface area contributed by atoms with E-state index in [0.717, 1.165) is 31.0 Å². The molecule has 0 fully saturated rings. The number of nitrogens with zero attached hydrogens (tertiary/aromatic N) is 3. The fourth-order valence-corrected chi connectivity index (χ4v) is 3.01. The van der Waals surface area contributed by atoms with Crippen LogP contribution in [0.25, 0.3) is 0 Å². The summed E-state index contributed by atoms with van der Waals surface area (Å²) in [5.74, 6) is -0.332. The Bertz CT molecular complexity index is 684. The number of aromatic nitrogens is 2. The van der Waals surface area contributed by atoms with Gasteiger partial charge in [0.25, 0.3) is 5.91 Å². The second-order valence-electron chi connectivity index (χ2n) is 5.48. The van der Waals surface area contributed by atoms with E-state index in [1.54, 1.807) is 11.9 Å². The van der Waals surface area contributed by atoms with Crippen molar-refractivity contribution in [3.05, 3.63) is 53.3 Å². The van der Waals surface area contributed by atoms with Crippen molar-refractivity contribution in [1.29, 1.82) is 0 Å². The number of fused-ring (bicyclic) bond motifs is 1. The zero-order valence-corrected chi connectivity index (χ0v) is 12.2. The first-order chi connectivity index (χ1) is 10.6. The van der Waals surface area contributed by atoms with E-state index in [0.29, 0.717) is 4.68 Å². The molecule has 0 bridgehead atoms. The molecule has 3 rings (SSSR count). The lowest BCUT2D eigenvalue weighted by Gasteiger charge is -2.33. The van der Waals surface area contributed by atoms with E-state index in [2.05, 4.69) is 11.2 Å². The van der Waals surface area contributed by atoms with E-state index in [-0.39, 0.29) is 17.6 Å². The molecule has 1 aromatic heterocycles. The van der Waals surface area contributed by atoms with Gasteiger partial charge < -0.3 is 4.90 Å². The zero-order valence-electron chi connectivity index (χ0n) is 12.2. The summed E-state index contributed by atoms with van der Waals surface area (Å²) in [7, 11) is 1.70. The highest BCUT2D eigenvalue weighted by Crippen LogP contribution is 2.34. The van der Waals surface area contributed by atoms with Crippen LogP contribution < -0.4 is 0 Å². The lowest BCUT2D eigenvalue weighted by molar-refractivity contribution is 0.0547. The summed E-state index contributed by atoms with van der Waals surface area (Å²) in [6.45, 7) is -2.73. The van der Waals surface area contributed by atoms with Crippen molar-refractivity contribution in [2.75, 3.05) is 7.05 Å². The van der Waals surface area contributed by atoms with Crippen molar-refractivity contribution in [2.24, 2.45) is 0 Å². The molecule has 1 aliphatic rings. The van der Waals surface area contributed by atoms with Gasteiger partial charge in [0, 0.05) is 13.2 Å². The molecule has 1 amide bonds. The normalized spacial score (nSPS) is 17.4. The third-order valence-electron chi connectivity index (χ3n) is 4.15. The summed E-state index contributed by atoms with van der Waals surface area (Å²) >= 11 is 0. The number of hydrogen-bond donors (Lipinski definition) is 0. The Morgan fingerprint density at radius 2 is 2.14 bits per heavy atom. The van der Waals surface area contributed by atoms with Crippen LogP contribution in [0.2, 0.25) is 0 Å². The SMILES string of the molecule is CN(C(=O)c1ccn(C(F)F)n1)C1CCCc2ccccc21. The molecule has 1 atom stereocenters. The van der Waals surface area contributed by atoms with Gasteiger partial charge in [-0.05, 0) is 36.5 Å². The quantitative estimate of drug-likeness (QED) is 0.871. The Balaban J connectivity index is 1.84. The van der Waals surface area contributed by atoms with Gasteiger partial charge in [-0.15, -0.1) is 0 Å². The first kappa shape index (κ1) is 14.7. The number of rotatable bonds is 3. The van der Waals surface area contributed by atoms with Gasteiger partial charge in [0.1, 0.15) is 0 Å². The number of carbonyl (C=O) groups excluding carboxylic acids is 1. The van der Waals surface area contributed by atoms with Gasteiger partial charge in [0.05, 0.1) is 6.04 Å². The number of amides is 1. The molecule has 0 saturated carbocycles. The largest absolute Gasteiger partial charge is 0.333 e. The highest BCUT2D eigenvalue weighted by molar-refractivity contribution is 5.92. The lowest BCUT2D eigenvalue weighted by atomic mass is 9.87. The molecule has 0 radical (unpaired) electrons. The minimum atomic E-state index is -2.73. The average molecular weight is 305 g/mol. The molecular weight excluding hydrogens is 288 g/mol. The van der Waals surface area contributed by atoms with Gasteiger partial charge in [-0.3, -0.25) is 4.79 Å². The van der Waals surface area contributed by atoms with E-state index >= 15 is 0 Å². The van der Waals surface area contributed by atoms with Crippen molar-refractivity contribution < 1.29 is 13.6 Å². The minimum Gasteiger partial charge on any atom is -0.333 e. The number of carbonyl (C=O) groups is 1. The first-order valence-corrected chi connectivity index (χ1v) is 7.26. The molecule has 22 heavy (non-hydrogen) atoms. The molecule has 0 N–H and O–H groups in total. The summed E-state index contributed by atoms with van der Waals surface area (Å²) in [6.07, 6.45) is 4.01. The van der Waals surface area contributed by atoms with E-state index < -0.39 is 6.55 Å². The highest BCUT2D eigenvalue weighted by Gasteiger charge is 2.28. The predicted molar refractivity (Wildman–Crippen MR) is 77.7 cm³/mol. The fraction of sp³-hybridized carbons (Fsp3) is 0.375. The number of aryl methyl sites for hydroxylation is 1. The Labute approximate surface area is 127 Å². The number of alkyl halides is 2. The Kier molecular flexibility index (Phi) is 3.92. The van der Waals surface area contributed by atoms with Crippen LogP contribution in [0.4, 0.5) is 8.78 Å².